The third-order valence-electron chi connectivity index (χ3n) is 12.2. The summed E-state index contributed by atoms with van der Waals surface area (Å²) < 4.78 is 11.0. The number of nitrogens with zero attached hydrogens (tertiary/aromatic N) is 5. The number of amides is 3. The second kappa shape index (κ2) is 19.7. The lowest BCUT2D eigenvalue weighted by Gasteiger charge is -2.41. The molecule has 2 aromatic carbocycles. The van der Waals surface area contributed by atoms with Crippen molar-refractivity contribution in [2.24, 2.45) is 23.7 Å². The van der Waals surface area contributed by atoms with Gasteiger partial charge in [-0.05, 0) is 165 Å². The van der Waals surface area contributed by atoms with Gasteiger partial charge in [0.05, 0.1) is 0 Å². The number of rotatable bonds is 6. The Morgan fingerprint density at radius 2 is 0.983 bits per heavy atom. The zero-order chi connectivity index (χ0) is 42.2. The topological polar surface area (TPSA) is 134 Å². The highest BCUT2D eigenvalue weighted by Crippen LogP contribution is 2.36. The Labute approximate surface area is 355 Å². The van der Waals surface area contributed by atoms with Gasteiger partial charge in [-0.1, -0.05) is 0 Å². The van der Waals surface area contributed by atoms with Crippen LogP contribution >= 0.6 is 11.3 Å². The van der Waals surface area contributed by atoms with Gasteiger partial charge < -0.3 is 40.1 Å². The monoisotopic (exact) mass is 829 g/mol. The number of thiazole rings is 1. The Hall–Kier alpha value is -4.52. The van der Waals surface area contributed by atoms with Gasteiger partial charge in [0.15, 0.2) is 5.01 Å². The van der Waals surface area contributed by atoms with Crippen molar-refractivity contribution in [3.05, 3.63) is 65.1 Å². The molecular formula is C46H67N7O5S. The summed E-state index contributed by atoms with van der Waals surface area (Å²) in [5.41, 5.74) is 9.01. The first kappa shape index (κ1) is 44.0. The van der Waals surface area contributed by atoms with Crippen LogP contribution in [0.1, 0.15) is 103 Å². The van der Waals surface area contributed by atoms with E-state index in [1.165, 1.54) is 48.4 Å². The minimum absolute atomic E-state index is 0.158. The summed E-state index contributed by atoms with van der Waals surface area (Å²) >= 11 is 1.33. The van der Waals surface area contributed by atoms with Crippen LogP contribution in [-0.2, 0) is 9.47 Å². The third kappa shape index (κ3) is 13.0. The number of likely N-dealkylation sites (tertiary alicyclic amines) is 2. The third-order valence-corrected chi connectivity index (χ3v) is 12.9. The van der Waals surface area contributed by atoms with E-state index in [0.29, 0.717) is 10.9 Å². The normalized spacial score (nSPS) is 19.2. The molecule has 3 N–H and O–H groups in total. The predicted molar refractivity (Wildman–Crippen MR) is 238 cm³/mol. The molecule has 0 atom stereocenters. The first-order chi connectivity index (χ1) is 28.1. The first-order valence-corrected chi connectivity index (χ1v) is 22.6. The largest absolute Gasteiger partial charge is 0.444 e. The molecule has 5 heterocycles. The number of piperidine rings is 4. The molecule has 322 valence electrons. The Morgan fingerprint density at radius 3 is 1.34 bits per heavy atom. The highest BCUT2D eigenvalue weighted by Gasteiger charge is 2.34. The summed E-state index contributed by atoms with van der Waals surface area (Å²) in [5.74, 6) is 2.76. The summed E-state index contributed by atoms with van der Waals surface area (Å²) in [5, 5.41) is 5.17. The first-order valence-electron chi connectivity index (χ1n) is 21.7. The van der Waals surface area contributed by atoms with Crippen LogP contribution in [0, 0.1) is 23.7 Å². The molecule has 0 unspecified atom stereocenters. The molecule has 3 amide bonds. The van der Waals surface area contributed by atoms with Gasteiger partial charge in [0.25, 0.3) is 5.91 Å². The maximum Gasteiger partial charge on any atom is 0.410 e. The minimum Gasteiger partial charge on any atom is -0.444 e. The van der Waals surface area contributed by atoms with E-state index in [1.54, 1.807) is 11.6 Å². The lowest BCUT2D eigenvalue weighted by molar-refractivity contribution is 0.0142. The summed E-state index contributed by atoms with van der Waals surface area (Å²) in [4.78, 5) is 49.4. The molecule has 4 aliphatic rings. The number of carbonyl (C=O) groups is 3. The van der Waals surface area contributed by atoms with Crippen molar-refractivity contribution < 1.29 is 23.9 Å². The zero-order valence-electron chi connectivity index (χ0n) is 36.2. The lowest BCUT2D eigenvalue weighted by atomic mass is 9.79. The van der Waals surface area contributed by atoms with Gasteiger partial charge in [-0.2, -0.15) is 0 Å². The van der Waals surface area contributed by atoms with E-state index < -0.39 is 11.2 Å². The van der Waals surface area contributed by atoms with Crippen LogP contribution in [0.25, 0.3) is 0 Å². The van der Waals surface area contributed by atoms with Crippen molar-refractivity contribution in [1.82, 2.24) is 14.8 Å². The maximum atomic E-state index is 12.3. The van der Waals surface area contributed by atoms with Crippen LogP contribution in [0.3, 0.4) is 0 Å². The number of ether oxygens (including phenoxy) is 2. The van der Waals surface area contributed by atoms with E-state index in [0.717, 1.165) is 107 Å². The molecule has 59 heavy (non-hydrogen) atoms. The molecule has 0 bridgehead atoms. The van der Waals surface area contributed by atoms with E-state index >= 15 is 0 Å². The van der Waals surface area contributed by atoms with Gasteiger partial charge in [-0.25, -0.2) is 14.6 Å². The van der Waals surface area contributed by atoms with Crippen molar-refractivity contribution in [2.75, 3.05) is 73.2 Å². The Kier molecular flexibility index (Phi) is 14.7. The fourth-order valence-electron chi connectivity index (χ4n) is 8.98. The van der Waals surface area contributed by atoms with E-state index in [1.807, 2.05) is 75.6 Å². The maximum absolute atomic E-state index is 12.3. The second-order valence-corrected chi connectivity index (χ2v) is 19.6. The average molecular weight is 830 g/mol. The summed E-state index contributed by atoms with van der Waals surface area (Å²) in [7, 11) is 0. The number of benzene rings is 2. The van der Waals surface area contributed by atoms with Crippen molar-refractivity contribution in [3.8, 4) is 0 Å². The molecule has 4 aliphatic heterocycles. The van der Waals surface area contributed by atoms with Crippen LogP contribution in [0.4, 0.5) is 32.3 Å². The molecule has 0 saturated carbocycles. The molecule has 1 aromatic heterocycles. The van der Waals surface area contributed by atoms with Crippen LogP contribution in [-0.4, -0.2) is 96.4 Å². The predicted octanol–water partition coefficient (Wildman–Crippen LogP) is 9.39. The summed E-state index contributed by atoms with van der Waals surface area (Å²) in [6, 6.07) is 16.3. The molecule has 0 aliphatic carbocycles. The van der Waals surface area contributed by atoms with E-state index in [-0.39, 0.29) is 18.1 Å². The number of carbonyl (C=O) groups excluding carboxylic acids is 3. The summed E-state index contributed by atoms with van der Waals surface area (Å²) in [6.07, 6.45) is 10.5. The molecule has 0 radical (unpaired) electrons. The molecule has 12 nitrogen and oxygen atoms in total. The minimum atomic E-state index is -0.439. The number of nitrogens with one attached hydrogen (secondary N) is 1. The number of nitrogens with two attached hydrogens (primary N) is 1. The Balaban J connectivity index is 0.000000204. The van der Waals surface area contributed by atoms with Gasteiger partial charge in [0, 0.05) is 86.7 Å². The summed E-state index contributed by atoms with van der Waals surface area (Å²) in [6.45, 7) is 19.1. The van der Waals surface area contributed by atoms with Gasteiger partial charge in [0.2, 0.25) is 0 Å². The van der Waals surface area contributed by atoms with Gasteiger partial charge in [0.1, 0.15) is 11.2 Å². The average Bonchev–Trinajstić information content (AvgIpc) is 3.77. The molecule has 7 rings (SSSR count). The van der Waals surface area contributed by atoms with Crippen LogP contribution in [0.15, 0.2) is 60.1 Å². The number of anilines is 4. The number of hydrogen-bond donors (Lipinski definition) is 2. The molecule has 4 saturated heterocycles. The van der Waals surface area contributed by atoms with Crippen LogP contribution < -0.4 is 20.9 Å². The fourth-order valence-corrected chi connectivity index (χ4v) is 9.51. The van der Waals surface area contributed by atoms with Crippen molar-refractivity contribution in [3.63, 3.8) is 0 Å². The number of nitrogen functional groups attached to an aromatic ring is 1. The quantitative estimate of drug-likeness (QED) is 0.233. The van der Waals surface area contributed by atoms with Crippen LogP contribution in [0.2, 0.25) is 0 Å². The van der Waals surface area contributed by atoms with Crippen molar-refractivity contribution >= 4 is 52.2 Å². The molecule has 13 heteroatoms. The number of hydrogen-bond acceptors (Lipinski definition) is 10. The van der Waals surface area contributed by atoms with Gasteiger partial charge in [-0.3, -0.25) is 4.79 Å². The second-order valence-electron chi connectivity index (χ2n) is 18.7. The van der Waals surface area contributed by atoms with E-state index in [2.05, 4.69) is 44.4 Å². The van der Waals surface area contributed by atoms with Crippen molar-refractivity contribution in [2.45, 2.75) is 104 Å². The van der Waals surface area contributed by atoms with E-state index in [9.17, 15) is 14.4 Å². The highest BCUT2D eigenvalue weighted by atomic mass is 32.1. The Morgan fingerprint density at radius 1 is 0.610 bits per heavy atom. The fraction of sp³-hybridized carbons (Fsp3) is 0.609. The molecular weight excluding hydrogens is 763 g/mol. The highest BCUT2D eigenvalue weighted by molar-refractivity contribution is 7.11. The van der Waals surface area contributed by atoms with Gasteiger partial charge in [-0.15, -0.1) is 11.3 Å². The smallest absolute Gasteiger partial charge is 0.410 e. The molecule has 0 spiro atoms. The van der Waals surface area contributed by atoms with Gasteiger partial charge >= 0.3 is 12.2 Å². The number of aromatic nitrogens is 1. The zero-order valence-corrected chi connectivity index (χ0v) is 37.0. The lowest BCUT2D eigenvalue weighted by Crippen LogP contribution is -2.44. The SMILES string of the molecule is CC(C)(C)OC(=O)N1CCC(C2CCN(c3ccc(N)cc3)CC2)CC1.CC(C)(C)OC(=O)N1CCC(C2CCN(c3ccc(NC(=O)c4nccs4)cc3)CC2)CC1. The van der Waals surface area contributed by atoms with Crippen molar-refractivity contribution in [1.29, 1.82) is 0 Å². The molecule has 3 aromatic rings. The van der Waals surface area contributed by atoms with Crippen LogP contribution in [0.5, 0.6) is 0 Å². The molecule has 4 fully saturated rings. The Bertz CT molecular complexity index is 1780. The standard InChI is InChI=1S/C25H34N4O3S.C21H33N3O2/c1-25(2,3)32-24(31)29-15-10-19(11-16-29)18-8-13-28(14-9-18)21-6-4-20(5-7-21)27-22(30)23-26-12-17-33-23;1-21(2,3)26-20(25)24-14-10-17(11-15-24)16-8-12-23(13-9-16)19-6-4-18(22)5-7-19/h4-7,12,17-19H,8-11,13-16H2,1-3H3,(H,27,30);4-7,16-17H,8-15,22H2,1-3H3. The van der Waals surface area contributed by atoms with E-state index in [4.69, 9.17) is 15.2 Å².